The van der Waals surface area contributed by atoms with E-state index in [0.29, 0.717) is 6.04 Å². The van der Waals surface area contributed by atoms with Crippen LogP contribution >= 0.6 is 0 Å². The van der Waals surface area contributed by atoms with Gasteiger partial charge < -0.3 is 9.88 Å². The Hall–Kier alpha value is -2.21. The number of amides is 1. The number of aromatic nitrogens is 3. The highest BCUT2D eigenvalue weighted by Crippen LogP contribution is 2.23. The molecule has 1 aliphatic carbocycles. The molecule has 2 atom stereocenters. The largest absolute Gasteiger partial charge is 0.352 e. The van der Waals surface area contributed by atoms with Crippen LogP contribution in [0.25, 0.3) is 0 Å². The first-order valence-electron chi connectivity index (χ1n) is 7.60. The molecule has 0 aliphatic heterocycles. The topological polar surface area (TPSA) is 71.8 Å². The Morgan fingerprint density at radius 3 is 2.64 bits per heavy atom. The van der Waals surface area contributed by atoms with Crippen molar-refractivity contribution in [2.45, 2.75) is 37.9 Å². The molecule has 6 heteroatoms. The van der Waals surface area contributed by atoms with E-state index < -0.39 is 6.04 Å². The van der Waals surface area contributed by atoms with Crippen LogP contribution in [0, 0.1) is 0 Å². The Labute approximate surface area is 129 Å². The van der Waals surface area contributed by atoms with E-state index in [4.69, 9.17) is 0 Å². The first kappa shape index (κ1) is 14.7. The fraction of sp³-hybridized carbons (Fsp3) is 0.438. The number of nitrogens with one attached hydrogen (secondary N) is 2. The second kappa shape index (κ2) is 6.27. The van der Waals surface area contributed by atoms with Crippen LogP contribution < -0.4 is 10.6 Å². The molecule has 0 unspecified atom stereocenters. The van der Waals surface area contributed by atoms with E-state index in [1.807, 2.05) is 48.9 Å². The van der Waals surface area contributed by atoms with Gasteiger partial charge in [0, 0.05) is 13.1 Å². The fourth-order valence-electron chi connectivity index (χ4n) is 2.49. The maximum Gasteiger partial charge on any atom is 0.241 e. The van der Waals surface area contributed by atoms with Gasteiger partial charge in [-0.15, -0.1) is 10.2 Å². The van der Waals surface area contributed by atoms with Crippen molar-refractivity contribution in [3.05, 3.63) is 48.0 Å². The highest BCUT2D eigenvalue weighted by Gasteiger charge is 2.29. The minimum Gasteiger partial charge on any atom is -0.352 e. The van der Waals surface area contributed by atoms with Gasteiger partial charge in [-0.25, -0.2) is 0 Å². The zero-order valence-electron chi connectivity index (χ0n) is 12.9. The summed E-state index contributed by atoms with van der Waals surface area (Å²) in [4.78, 5) is 12.6. The maximum absolute atomic E-state index is 12.6. The monoisotopic (exact) mass is 299 g/mol. The Bertz CT molecular complexity index is 635. The smallest absolute Gasteiger partial charge is 0.241 e. The van der Waals surface area contributed by atoms with Crippen molar-refractivity contribution in [2.24, 2.45) is 7.05 Å². The maximum atomic E-state index is 12.6. The number of nitrogens with zero attached hydrogens (tertiary/aromatic N) is 3. The lowest BCUT2D eigenvalue weighted by Crippen LogP contribution is -2.40. The van der Waals surface area contributed by atoms with Gasteiger partial charge in [0.2, 0.25) is 5.91 Å². The van der Waals surface area contributed by atoms with Crippen molar-refractivity contribution in [1.29, 1.82) is 0 Å². The number of rotatable bonds is 6. The van der Waals surface area contributed by atoms with E-state index in [9.17, 15) is 4.79 Å². The van der Waals surface area contributed by atoms with E-state index in [1.54, 1.807) is 6.33 Å². The van der Waals surface area contributed by atoms with Crippen molar-refractivity contribution in [2.75, 3.05) is 0 Å². The van der Waals surface area contributed by atoms with Crippen LogP contribution in [-0.2, 0) is 11.8 Å². The molecule has 3 rings (SSSR count). The van der Waals surface area contributed by atoms with Gasteiger partial charge in [-0.05, 0) is 25.3 Å². The summed E-state index contributed by atoms with van der Waals surface area (Å²) < 4.78 is 1.86. The van der Waals surface area contributed by atoms with Crippen LogP contribution in [0.4, 0.5) is 0 Å². The second-order valence-electron chi connectivity index (χ2n) is 5.81. The van der Waals surface area contributed by atoms with Crippen LogP contribution in [0.2, 0.25) is 0 Å². The molecular weight excluding hydrogens is 278 g/mol. The quantitative estimate of drug-likeness (QED) is 0.847. The van der Waals surface area contributed by atoms with Crippen molar-refractivity contribution in [3.8, 4) is 0 Å². The van der Waals surface area contributed by atoms with Gasteiger partial charge >= 0.3 is 0 Å². The van der Waals surface area contributed by atoms with Crippen molar-refractivity contribution in [1.82, 2.24) is 25.4 Å². The molecule has 1 aliphatic rings. The Kier molecular flexibility index (Phi) is 4.20. The standard InChI is InChI=1S/C16H21N5O/c1-11(15-20-17-10-21(15)2)18-14(12-6-4-3-5-7-12)16(22)19-13-8-9-13/h3-7,10-11,13-14,18H,8-9H2,1-2H3,(H,19,22)/t11-,14-/m0/s1. The normalized spacial score (nSPS) is 17.0. The molecule has 0 bridgehead atoms. The zero-order chi connectivity index (χ0) is 15.5. The van der Waals surface area contributed by atoms with Crippen LogP contribution in [-0.4, -0.2) is 26.7 Å². The number of carbonyl (C=O) groups is 1. The molecule has 1 heterocycles. The Morgan fingerprint density at radius 1 is 1.32 bits per heavy atom. The molecule has 1 saturated carbocycles. The van der Waals surface area contributed by atoms with Crippen molar-refractivity contribution in [3.63, 3.8) is 0 Å². The first-order chi connectivity index (χ1) is 10.6. The minimum atomic E-state index is -0.395. The summed E-state index contributed by atoms with van der Waals surface area (Å²) in [7, 11) is 1.90. The average molecular weight is 299 g/mol. The zero-order valence-corrected chi connectivity index (χ0v) is 12.9. The van der Waals surface area contributed by atoms with Crippen LogP contribution in [0.3, 0.4) is 0 Å². The summed E-state index contributed by atoms with van der Waals surface area (Å²) in [5, 5.41) is 14.5. The third kappa shape index (κ3) is 3.33. The molecule has 1 fully saturated rings. The van der Waals surface area contributed by atoms with Gasteiger partial charge in [-0.2, -0.15) is 0 Å². The Morgan fingerprint density at radius 2 is 2.05 bits per heavy atom. The second-order valence-corrected chi connectivity index (χ2v) is 5.81. The number of carbonyl (C=O) groups excluding carboxylic acids is 1. The molecule has 6 nitrogen and oxygen atoms in total. The highest BCUT2D eigenvalue weighted by atomic mass is 16.2. The number of benzene rings is 1. The molecular formula is C16H21N5O. The molecule has 22 heavy (non-hydrogen) atoms. The molecule has 1 aromatic carbocycles. The summed E-state index contributed by atoms with van der Waals surface area (Å²) in [6.45, 7) is 1.99. The summed E-state index contributed by atoms with van der Waals surface area (Å²) in [5.74, 6) is 0.822. The van der Waals surface area contributed by atoms with Gasteiger partial charge in [0.1, 0.15) is 18.2 Å². The third-order valence-corrected chi connectivity index (χ3v) is 3.87. The molecule has 0 radical (unpaired) electrons. The fourth-order valence-corrected chi connectivity index (χ4v) is 2.49. The van der Waals surface area contributed by atoms with E-state index in [1.165, 1.54) is 0 Å². The number of hydrogen-bond donors (Lipinski definition) is 2. The predicted octanol–water partition coefficient (Wildman–Crippen LogP) is 1.49. The molecule has 116 valence electrons. The molecule has 1 amide bonds. The number of hydrogen-bond acceptors (Lipinski definition) is 4. The molecule has 2 aromatic rings. The minimum absolute atomic E-state index is 0.0164. The summed E-state index contributed by atoms with van der Waals surface area (Å²) in [6, 6.07) is 9.64. The van der Waals surface area contributed by atoms with Gasteiger partial charge in [-0.3, -0.25) is 10.1 Å². The van der Waals surface area contributed by atoms with Gasteiger partial charge in [-0.1, -0.05) is 30.3 Å². The number of aryl methyl sites for hydroxylation is 1. The first-order valence-corrected chi connectivity index (χ1v) is 7.60. The molecule has 0 saturated heterocycles. The van der Waals surface area contributed by atoms with Gasteiger partial charge in [0.25, 0.3) is 0 Å². The molecule has 0 spiro atoms. The Balaban J connectivity index is 1.78. The van der Waals surface area contributed by atoms with Crippen LogP contribution in [0.15, 0.2) is 36.7 Å². The summed E-state index contributed by atoms with van der Waals surface area (Å²) >= 11 is 0. The van der Waals surface area contributed by atoms with Crippen molar-refractivity contribution >= 4 is 5.91 Å². The van der Waals surface area contributed by atoms with Crippen LogP contribution in [0.1, 0.15) is 43.2 Å². The van der Waals surface area contributed by atoms with E-state index in [0.717, 1.165) is 24.2 Å². The van der Waals surface area contributed by atoms with Gasteiger partial charge in [0.05, 0.1) is 6.04 Å². The van der Waals surface area contributed by atoms with Crippen molar-refractivity contribution < 1.29 is 4.79 Å². The molecule has 1 aromatic heterocycles. The average Bonchev–Trinajstić information content (AvgIpc) is 3.23. The lowest BCUT2D eigenvalue weighted by molar-refractivity contribution is -0.123. The van der Waals surface area contributed by atoms with Gasteiger partial charge in [0.15, 0.2) is 0 Å². The molecule has 2 N–H and O–H groups in total. The van der Waals surface area contributed by atoms with E-state index in [2.05, 4.69) is 20.8 Å². The highest BCUT2D eigenvalue weighted by molar-refractivity contribution is 5.83. The third-order valence-electron chi connectivity index (χ3n) is 3.87. The summed E-state index contributed by atoms with van der Waals surface area (Å²) in [5.41, 5.74) is 0.953. The SMILES string of the molecule is C[C@H](N[C@H](C(=O)NC1CC1)c1ccccc1)c1nncn1C. The lowest BCUT2D eigenvalue weighted by Gasteiger charge is -2.22. The van der Waals surface area contributed by atoms with Crippen LogP contribution in [0.5, 0.6) is 0 Å². The predicted molar refractivity (Wildman–Crippen MR) is 82.9 cm³/mol. The van der Waals surface area contributed by atoms with E-state index >= 15 is 0 Å². The lowest BCUT2D eigenvalue weighted by atomic mass is 10.0. The summed E-state index contributed by atoms with van der Waals surface area (Å²) in [6.07, 6.45) is 3.81. The van der Waals surface area contributed by atoms with E-state index in [-0.39, 0.29) is 11.9 Å².